The number of piperidine rings is 1. The Bertz CT molecular complexity index is 840. The number of carbonyl (C=O) groups is 3. The maximum atomic E-state index is 12.6. The van der Waals surface area contributed by atoms with Gasteiger partial charge < -0.3 is 19.4 Å². The van der Waals surface area contributed by atoms with Crippen molar-refractivity contribution in [2.75, 3.05) is 37.0 Å². The van der Waals surface area contributed by atoms with Gasteiger partial charge in [0.15, 0.2) is 5.76 Å². The van der Waals surface area contributed by atoms with Crippen molar-refractivity contribution in [3.8, 4) is 0 Å². The molecule has 0 unspecified atom stereocenters. The molecule has 0 radical (unpaired) electrons. The number of anilines is 2. The average Bonchev–Trinajstić information content (AvgIpc) is 3.28. The molecule has 29 heavy (non-hydrogen) atoms. The zero-order valence-corrected chi connectivity index (χ0v) is 16.6. The van der Waals surface area contributed by atoms with Crippen LogP contribution in [-0.2, 0) is 9.53 Å². The summed E-state index contributed by atoms with van der Waals surface area (Å²) < 4.78 is 10.1. The van der Waals surface area contributed by atoms with Gasteiger partial charge in [-0.05, 0) is 56.2 Å². The fourth-order valence-electron chi connectivity index (χ4n) is 3.24. The lowest BCUT2D eigenvalue weighted by Gasteiger charge is -2.30. The van der Waals surface area contributed by atoms with Gasteiger partial charge in [0, 0.05) is 37.4 Å². The second-order valence-corrected chi connectivity index (χ2v) is 6.84. The van der Waals surface area contributed by atoms with E-state index in [4.69, 9.17) is 9.15 Å². The molecule has 1 aromatic carbocycles. The van der Waals surface area contributed by atoms with Crippen LogP contribution in [0.3, 0.4) is 0 Å². The number of carbonyl (C=O) groups excluding carboxylic acids is 3. The lowest BCUT2D eigenvalue weighted by Crippen LogP contribution is -2.41. The van der Waals surface area contributed by atoms with E-state index >= 15 is 0 Å². The fraction of sp³-hybridized carbons (Fsp3) is 0.381. The predicted octanol–water partition coefficient (Wildman–Crippen LogP) is 3.36. The van der Waals surface area contributed by atoms with Gasteiger partial charge >= 0.3 is 6.09 Å². The predicted molar refractivity (Wildman–Crippen MR) is 108 cm³/mol. The number of likely N-dealkylation sites (tertiary alicyclic amines) is 1. The maximum absolute atomic E-state index is 12.6. The zero-order chi connectivity index (χ0) is 20.8. The summed E-state index contributed by atoms with van der Waals surface area (Å²) in [6.45, 7) is 3.09. The van der Waals surface area contributed by atoms with Crippen molar-refractivity contribution in [1.29, 1.82) is 0 Å². The Morgan fingerprint density at radius 1 is 1.17 bits per heavy atom. The number of ether oxygens (including phenoxy) is 1. The van der Waals surface area contributed by atoms with E-state index in [9.17, 15) is 14.4 Å². The molecule has 3 rings (SSSR count). The third-order valence-corrected chi connectivity index (χ3v) is 4.95. The van der Waals surface area contributed by atoms with Gasteiger partial charge in [-0.15, -0.1) is 0 Å². The zero-order valence-electron chi connectivity index (χ0n) is 16.6. The van der Waals surface area contributed by atoms with Crippen molar-refractivity contribution in [2.24, 2.45) is 5.92 Å². The number of amides is 3. The first-order chi connectivity index (χ1) is 14.0. The molecule has 0 saturated carbocycles. The summed E-state index contributed by atoms with van der Waals surface area (Å²) in [5.41, 5.74) is 1.33. The maximum Gasteiger partial charge on any atom is 0.413 e. The number of furan rings is 1. The van der Waals surface area contributed by atoms with Crippen molar-refractivity contribution in [3.63, 3.8) is 0 Å². The quantitative estimate of drug-likeness (QED) is 0.832. The van der Waals surface area contributed by atoms with Gasteiger partial charge in [-0.3, -0.25) is 14.5 Å². The lowest BCUT2D eigenvalue weighted by molar-refractivity contribution is -0.121. The molecule has 3 amide bonds. The molecule has 2 heterocycles. The smallest absolute Gasteiger partial charge is 0.413 e. The van der Waals surface area contributed by atoms with Crippen LogP contribution >= 0.6 is 0 Å². The first kappa shape index (κ1) is 20.4. The van der Waals surface area contributed by atoms with Gasteiger partial charge in [-0.25, -0.2) is 4.79 Å². The molecule has 8 heteroatoms. The number of nitrogens with zero attached hydrogens (tertiary/aromatic N) is 2. The SMILES string of the molecule is CCOC(=O)N(C)c1ccc(NC(=O)C2CCN(C(=O)c3ccco3)CC2)cc1. The Morgan fingerprint density at radius 2 is 1.86 bits per heavy atom. The molecule has 0 aliphatic carbocycles. The minimum absolute atomic E-state index is 0.0680. The monoisotopic (exact) mass is 399 g/mol. The number of hydrogen-bond donors (Lipinski definition) is 1. The van der Waals surface area contributed by atoms with Gasteiger partial charge in [-0.2, -0.15) is 0 Å². The van der Waals surface area contributed by atoms with Crippen LogP contribution in [0.4, 0.5) is 16.2 Å². The third kappa shape index (κ3) is 4.96. The second kappa shape index (κ2) is 9.27. The molecule has 1 aliphatic heterocycles. The molecule has 2 aromatic rings. The minimum Gasteiger partial charge on any atom is -0.459 e. The van der Waals surface area contributed by atoms with E-state index in [1.54, 1.807) is 55.3 Å². The highest BCUT2D eigenvalue weighted by atomic mass is 16.6. The molecule has 1 aromatic heterocycles. The van der Waals surface area contributed by atoms with Gasteiger partial charge in [0.1, 0.15) is 0 Å². The summed E-state index contributed by atoms with van der Waals surface area (Å²) in [5.74, 6) is -0.0462. The minimum atomic E-state index is -0.430. The average molecular weight is 399 g/mol. The van der Waals surface area contributed by atoms with Crippen LogP contribution in [0.25, 0.3) is 0 Å². The highest BCUT2D eigenvalue weighted by molar-refractivity contribution is 5.94. The molecule has 0 atom stereocenters. The highest BCUT2D eigenvalue weighted by Crippen LogP contribution is 2.22. The summed E-state index contributed by atoms with van der Waals surface area (Å²) in [6.07, 6.45) is 2.24. The summed E-state index contributed by atoms with van der Waals surface area (Å²) >= 11 is 0. The van der Waals surface area contributed by atoms with Crippen molar-refractivity contribution in [2.45, 2.75) is 19.8 Å². The summed E-state index contributed by atoms with van der Waals surface area (Å²) in [7, 11) is 1.63. The first-order valence-corrected chi connectivity index (χ1v) is 9.63. The van der Waals surface area contributed by atoms with E-state index < -0.39 is 6.09 Å². The fourth-order valence-corrected chi connectivity index (χ4v) is 3.24. The van der Waals surface area contributed by atoms with Crippen LogP contribution in [-0.4, -0.2) is 49.6 Å². The highest BCUT2D eigenvalue weighted by Gasteiger charge is 2.28. The Hall–Kier alpha value is -3.29. The van der Waals surface area contributed by atoms with Gasteiger partial charge in [-0.1, -0.05) is 0 Å². The number of nitrogens with one attached hydrogen (secondary N) is 1. The molecule has 0 spiro atoms. The van der Waals surface area contributed by atoms with E-state index in [1.165, 1.54) is 11.2 Å². The second-order valence-electron chi connectivity index (χ2n) is 6.84. The molecular formula is C21H25N3O5. The molecule has 1 saturated heterocycles. The standard InChI is InChI=1S/C21H25N3O5/c1-3-28-21(27)23(2)17-8-6-16(7-9-17)22-19(25)15-10-12-24(13-11-15)20(26)18-5-4-14-29-18/h4-9,14-15H,3,10-13H2,1-2H3,(H,22,25). The summed E-state index contributed by atoms with van der Waals surface area (Å²) in [6, 6.07) is 10.3. The number of hydrogen-bond acceptors (Lipinski definition) is 5. The van der Waals surface area contributed by atoms with Crippen molar-refractivity contribution < 1.29 is 23.5 Å². The van der Waals surface area contributed by atoms with E-state index in [-0.39, 0.29) is 17.7 Å². The van der Waals surface area contributed by atoms with E-state index in [1.807, 2.05) is 0 Å². The first-order valence-electron chi connectivity index (χ1n) is 9.63. The molecule has 1 aliphatic rings. The van der Waals surface area contributed by atoms with E-state index in [2.05, 4.69) is 5.32 Å². The van der Waals surface area contributed by atoms with Crippen LogP contribution in [0.1, 0.15) is 30.3 Å². The van der Waals surface area contributed by atoms with Crippen LogP contribution in [0.15, 0.2) is 47.1 Å². The number of benzene rings is 1. The Morgan fingerprint density at radius 3 is 2.45 bits per heavy atom. The van der Waals surface area contributed by atoms with Crippen LogP contribution in [0.5, 0.6) is 0 Å². The van der Waals surface area contributed by atoms with Crippen molar-refractivity contribution in [1.82, 2.24) is 4.90 Å². The topological polar surface area (TPSA) is 92.1 Å². The largest absolute Gasteiger partial charge is 0.459 e. The Balaban J connectivity index is 1.51. The van der Waals surface area contributed by atoms with E-state index in [0.717, 1.165) is 0 Å². The van der Waals surface area contributed by atoms with Crippen molar-refractivity contribution in [3.05, 3.63) is 48.4 Å². The van der Waals surface area contributed by atoms with Gasteiger partial charge in [0.2, 0.25) is 5.91 Å². The third-order valence-electron chi connectivity index (χ3n) is 4.95. The molecular weight excluding hydrogens is 374 g/mol. The molecule has 154 valence electrons. The van der Waals surface area contributed by atoms with E-state index in [0.29, 0.717) is 49.7 Å². The summed E-state index contributed by atoms with van der Waals surface area (Å²) in [5, 5.41) is 2.91. The van der Waals surface area contributed by atoms with Crippen molar-refractivity contribution >= 4 is 29.3 Å². The lowest BCUT2D eigenvalue weighted by atomic mass is 9.95. The van der Waals surface area contributed by atoms with Crippen LogP contribution in [0.2, 0.25) is 0 Å². The van der Waals surface area contributed by atoms with Gasteiger partial charge in [0.25, 0.3) is 5.91 Å². The molecule has 1 fully saturated rings. The normalized spacial score (nSPS) is 14.3. The number of rotatable bonds is 5. The Kier molecular flexibility index (Phi) is 6.54. The van der Waals surface area contributed by atoms with Gasteiger partial charge in [0.05, 0.1) is 12.9 Å². The summed E-state index contributed by atoms with van der Waals surface area (Å²) in [4.78, 5) is 39.7. The molecule has 0 bridgehead atoms. The molecule has 8 nitrogen and oxygen atoms in total. The van der Waals surface area contributed by atoms with Crippen LogP contribution in [0, 0.1) is 5.92 Å². The van der Waals surface area contributed by atoms with Crippen LogP contribution < -0.4 is 10.2 Å². The molecule has 1 N–H and O–H groups in total. The Labute approximate surface area is 169 Å².